The van der Waals surface area contributed by atoms with Crippen LogP contribution < -0.4 is 0 Å². The van der Waals surface area contributed by atoms with E-state index in [-0.39, 0.29) is 17.9 Å². The number of rotatable bonds is 3. The zero-order valence-corrected chi connectivity index (χ0v) is 12.0. The van der Waals surface area contributed by atoms with E-state index in [4.69, 9.17) is 4.42 Å². The van der Waals surface area contributed by atoms with E-state index in [1.54, 1.807) is 29.5 Å². The van der Waals surface area contributed by atoms with Crippen molar-refractivity contribution in [1.29, 1.82) is 0 Å². The van der Waals surface area contributed by atoms with E-state index in [0.717, 1.165) is 6.42 Å². The number of amides is 1. The average molecular weight is 292 g/mol. The number of hydrogen-bond donors (Lipinski definition) is 1. The number of carbonyl (C=O) groups is 1. The lowest BCUT2D eigenvalue weighted by atomic mass is 10.0. The first-order valence-corrected chi connectivity index (χ1v) is 7.50. The highest BCUT2D eigenvalue weighted by atomic mass is 32.1. The van der Waals surface area contributed by atoms with Gasteiger partial charge in [-0.2, -0.15) is 0 Å². The highest BCUT2D eigenvalue weighted by Gasteiger charge is 2.30. The summed E-state index contributed by atoms with van der Waals surface area (Å²) in [7, 11) is 0. The third-order valence-electron chi connectivity index (χ3n) is 3.65. The molecule has 0 saturated carbocycles. The van der Waals surface area contributed by atoms with Crippen molar-refractivity contribution in [2.45, 2.75) is 19.4 Å². The van der Waals surface area contributed by atoms with Crippen LogP contribution in [0.1, 0.15) is 23.8 Å². The van der Waals surface area contributed by atoms with Gasteiger partial charge in [0.1, 0.15) is 5.69 Å². The zero-order valence-electron chi connectivity index (χ0n) is 11.2. The minimum atomic E-state index is -0.373. The predicted molar refractivity (Wildman–Crippen MR) is 75.5 cm³/mol. The monoisotopic (exact) mass is 292 g/mol. The lowest BCUT2D eigenvalue weighted by Crippen LogP contribution is -2.30. The topological polar surface area (TPSA) is 66.6 Å². The van der Waals surface area contributed by atoms with Gasteiger partial charge in [-0.05, 0) is 25.5 Å². The van der Waals surface area contributed by atoms with Crippen LogP contribution in [0.2, 0.25) is 0 Å². The third-order valence-corrected chi connectivity index (χ3v) is 4.51. The van der Waals surface area contributed by atoms with Gasteiger partial charge in [0.15, 0.2) is 10.8 Å². The van der Waals surface area contributed by atoms with Crippen molar-refractivity contribution in [2.75, 3.05) is 13.1 Å². The van der Waals surface area contributed by atoms with Crippen LogP contribution in [0.3, 0.4) is 0 Å². The first-order valence-electron chi connectivity index (χ1n) is 6.62. The Morgan fingerprint density at radius 3 is 3.15 bits per heavy atom. The Bertz CT molecular complexity index is 591. The molecule has 3 rings (SSSR count). The molecule has 0 aromatic carbocycles. The van der Waals surface area contributed by atoms with Crippen molar-refractivity contribution in [3.63, 3.8) is 0 Å². The molecule has 5 nitrogen and oxygen atoms in total. The molecule has 0 aliphatic carbocycles. The van der Waals surface area contributed by atoms with Gasteiger partial charge in [0, 0.05) is 24.4 Å². The molecule has 1 amide bonds. The van der Waals surface area contributed by atoms with Crippen molar-refractivity contribution < 1.29 is 14.3 Å². The number of aliphatic hydroxyl groups excluding tert-OH is 1. The van der Waals surface area contributed by atoms with Crippen LogP contribution in [0, 0.1) is 5.92 Å². The molecule has 2 atom stereocenters. The van der Waals surface area contributed by atoms with Crippen LogP contribution in [-0.2, 0) is 0 Å². The van der Waals surface area contributed by atoms with E-state index in [2.05, 4.69) is 4.98 Å². The van der Waals surface area contributed by atoms with E-state index in [0.29, 0.717) is 29.6 Å². The van der Waals surface area contributed by atoms with Crippen molar-refractivity contribution in [1.82, 2.24) is 9.88 Å². The van der Waals surface area contributed by atoms with Crippen LogP contribution in [0.15, 0.2) is 28.2 Å². The summed E-state index contributed by atoms with van der Waals surface area (Å²) in [6, 6.07) is 3.62. The summed E-state index contributed by atoms with van der Waals surface area (Å²) in [5, 5.41) is 12.1. The van der Waals surface area contributed by atoms with Crippen LogP contribution in [0.5, 0.6) is 0 Å². The molecular weight excluding hydrogens is 276 g/mol. The lowest BCUT2D eigenvalue weighted by Gasteiger charge is -2.16. The Morgan fingerprint density at radius 1 is 1.65 bits per heavy atom. The van der Waals surface area contributed by atoms with Gasteiger partial charge in [-0.25, -0.2) is 4.98 Å². The number of hydrogen-bond acceptors (Lipinski definition) is 5. The second kappa shape index (κ2) is 5.38. The van der Waals surface area contributed by atoms with Crippen LogP contribution in [-0.4, -0.2) is 40.1 Å². The Labute approximate surface area is 120 Å². The third kappa shape index (κ3) is 2.48. The maximum atomic E-state index is 12.4. The second-order valence-electron chi connectivity index (χ2n) is 5.06. The molecule has 3 heterocycles. The molecule has 2 aromatic heterocycles. The molecule has 20 heavy (non-hydrogen) atoms. The maximum absolute atomic E-state index is 12.4. The van der Waals surface area contributed by atoms with Gasteiger partial charge >= 0.3 is 0 Å². The molecule has 6 heteroatoms. The number of aromatic nitrogens is 1. The van der Waals surface area contributed by atoms with E-state index >= 15 is 0 Å². The molecule has 0 bridgehead atoms. The van der Waals surface area contributed by atoms with Crippen LogP contribution in [0.25, 0.3) is 10.8 Å². The summed E-state index contributed by atoms with van der Waals surface area (Å²) in [5.74, 6) is 0.779. The molecule has 1 aliphatic rings. The Hall–Kier alpha value is -1.66. The minimum absolute atomic E-state index is 0.0674. The Morgan fingerprint density at radius 2 is 2.50 bits per heavy atom. The average Bonchev–Trinajstić information content (AvgIpc) is 3.17. The molecule has 1 aliphatic heterocycles. The lowest BCUT2D eigenvalue weighted by molar-refractivity contribution is 0.0757. The van der Waals surface area contributed by atoms with Gasteiger partial charge in [-0.3, -0.25) is 4.79 Å². The molecule has 1 fully saturated rings. The molecular formula is C14H16N2O3S. The quantitative estimate of drug-likeness (QED) is 0.942. The highest BCUT2D eigenvalue weighted by Crippen LogP contribution is 2.26. The fourth-order valence-electron chi connectivity index (χ4n) is 2.41. The van der Waals surface area contributed by atoms with Crippen molar-refractivity contribution in [2.24, 2.45) is 5.92 Å². The van der Waals surface area contributed by atoms with E-state index in [1.807, 2.05) is 6.07 Å². The summed E-state index contributed by atoms with van der Waals surface area (Å²) in [5.41, 5.74) is 0.452. The second-order valence-corrected chi connectivity index (χ2v) is 5.91. The van der Waals surface area contributed by atoms with Gasteiger partial charge < -0.3 is 14.4 Å². The molecule has 1 saturated heterocycles. The normalized spacial score (nSPS) is 20.3. The minimum Gasteiger partial charge on any atom is -0.462 e. The fourth-order valence-corrected chi connectivity index (χ4v) is 3.17. The summed E-state index contributed by atoms with van der Waals surface area (Å²) in [4.78, 5) is 18.5. The van der Waals surface area contributed by atoms with Crippen molar-refractivity contribution in [3.8, 4) is 10.8 Å². The smallest absolute Gasteiger partial charge is 0.273 e. The summed E-state index contributed by atoms with van der Waals surface area (Å²) in [6.45, 7) is 3.06. The van der Waals surface area contributed by atoms with Gasteiger partial charge in [-0.1, -0.05) is 0 Å². The van der Waals surface area contributed by atoms with Gasteiger partial charge in [0.2, 0.25) is 0 Å². The largest absolute Gasteiger partial charge is 0.462 e. The van der Waals surface area contributed by atoms with Gasteiger partial charge in [0.05, 0.1) is 12.4 Å². The molecule has 2 unspecified atom stereocenters. The van der Waals surface area contributed by atoms with Crippen LogP contribution in [0.4, 0.5) is 0 Å². The summed E-state index contributed by atoms with van der Waals surface area (Å²) in [6.07, 6.45) is 2.06. The molecule has 106 valence electrons. The van der Waals surface area contributed by atoms with E-state index in [9.17, 15) is 9.90 Å². The fraction of sp³-hybridized carbons (Fsp3) is 0.429. The standard InChI is InChI=1S/C14H16N2O3S/c1-9(17)10-4-5-16(7-10)14(18)11-8-20-13(15-11)12-3-2-6-19-12/h2-3,6,8-10,17H,4-5,7H2,1H3. The number of nitrogens with zero attached hydrogens (tertiary/aromatic N) is 2. The van der Waals surface area contributed by atoms with Crippen LogP contribution >= 0.6 is 11.3 Å². The zero-order chi connectivity index (χ0) is 14.1. The number of furan rings is 1. The Balaban J connectivity index is 1.72. The summed E-state index contributed by atoms with van der Waals surface area (Å²) < 4.78 is 5.28. The molecule has 2 aromatic rings. The predicted octanol–water partition coefficient (Wildman–Crippen LogP) is 2.25. The SMILES string of the molecule is CC(O)C1CCN(C(=O)c2csc(-c3ccco3)n2)C1. The Kier molecular flexibility index (Phi) is 3.58. The van der Waals surface area contributed by atoms with Gasteiger partial charge in [0.25, 0.3) is 5.91 Å². The highest BCUT2D eigenvalue weighted by molar-refractivity contribution is 7.13. The molecule has 0 radical (unpaired) electrons. The molecule has 0 spiro atoms. The number of aliphatic hydroxyl groups is 1. The van der Waals surface area contributed by atoms with E-state index in [1.165, 1.54) is 11.3 Å². The van der Waals surface area contributed by atoms with Gasteiger partial charge in [-0.15, -0.1) is 11.3 Å². The maximum Gasteiger partial charge on any atom is 0.273 e. The number of carbonyl (C=O) groups excluding carboxylic acids is 1. The van der Waals surface area contributed by atoms with Crippen molar-refractivity contribution in [3.05, 3.63) is 29.5 Å². The first kappa shape index (κ1) is 13.3. The number of likely N-dealkylation sites (tertiary alicyclic amines) is 1. The van der Waals surface area contributed by atoms with Crippen molar-refractivity contribution >= 4 is 17.2 Å². The molecule has 1 N–H and O–H groups in total. The number of thiazole rings is 1. The first-order chi connectivity index (χ1) is 9.65. The van der Waals surface area contributed by atoms with E-state index < -0.39 is 0 Å². The summed E-state index contributed by atoms with van der Waals surface area (Å²) >= 11 is 1.40.